The quantitative estimate of drug-likeness (QED) is 0.675. The minimum absolute atomic E-state index is 0.383. The number of benzene rings is 2. The summed E-state index contributed by atoms with van der Waals surface area (Å²) in [6.45, 7) is 3.89. The van der Waals surface area contributed by atoms with Crippen LogP contribution in [0.2, 0.25) is 0 Å². The van der Waals surface area contributed by atoms with Crippen LogP contribution in [-0.2, 0) is 17.9 Å². The Labute approximate surface area is 157 Å². The fourth-order valence-corrected chi connectivity index (χ4v) is 3.60. The van der Waals surface area contributed by atoms with E-state index < -0.39 is 12.0 Å². The van der Waals surface area contributed by atoms with Crippen molar-refractivity contribution in [3.8, 4) is 5.75 Å². The molecule has 0 fully saturated rings. The van der Waals surface area contributed by atoms with E-state index in [1.165, 1.54) is 0 Å². The highest BCUT2D eigenvalue weighted by Gasteiger charge is 2.32. The third kappa shape index (κ3) is 3.50. The zero-order valence-corrected chi connectivity index (χ0v) is 15.2. The SMILES string of the molecule is Cc1nnc2n1CC(C(=O)O)N(CCCOc1cccc3ccccc13)C2. The fourth-order valence-electron chi connectivity index (χ4n) is 3.60. The summed E-state index contributed by atoms with van der Waals surface area (Å²) < 4.78 is 7.86. The monoisotopic (exact) mass is 366 g/mol. The van der Waals surface area contributed by atoms with Crippen molar-refractivity contribution in [1.29, 1.82) is 0 Å². The Hall–Kier alpha value is -2.93. The third-order valence-corrected chi connectivity index (χ3v) is 5.04. The van der Waals surface area contributed by atoms with Gasteiger partial charge < -0.3 is 14.4 Å². The number of ether oxygens (including phenoxy) is 1. The fraction of sp³-hybridized carbons (Fsp3) is 0.350. The van der Waals surface area contributed by atoms with Gasteiger partial charge in [-0.25, -0.2) is 0 Å². The second-order valence-corrected chi connectivity index (χ2v) is 6.78. The second kappa shape index (κ2) is 7.36. The van der Waals surface area contributed by atoms with Gasteiger partial charge in [0.1, 0.15) is 23.4 Å². The lowest BCUT2D eigenvalue weighted by Gasteiger charge is -2.33. The Balaban J connectivity index is 1.38. The normalized spacial score (nSPS) is 17.0. The van der Waals surface area contributed by atoms with E-state index in [-0.39, 0.29) is 0 Å². The molecule has 0 bridgehead atoms. The first-order chi connectivity index (χ1) is 13.1. The van der Waals surface area contributed by atoms with Gasteiger partial charge in [0.05, 0.1) is 19.7 Å². The first-order valence-electron chi connectivity index (χ1n) is 9.09. The molecule has 1 aromatic heterocycles. The van der Waals surface area contributed by atoms with Gasteiger partial charge >= 0.3 is 5.97 Å². The molecule has 1 unspecified atom stereocenters. The maximum Gasteiger partial charge on any atom is 0.322 e. The van der Waals surface area contributed by atoms with Crippen molar-refractivity contribution < 1.29 is 14.6 Å². The van der Waals surface area contributed by atoms with E-state index in [0.717, 1.165) is 34.6 Å². The highest BCUT2D eigenvalue weighted by Crippen LogP contribution is 2.25. The molecule has 0 radical (unpaired) electrons. The van der Waals surface area contributed by atoms with Crippen LogP contribution in [0.1, 0.15) is 18.1 Å². The van der Waals surface area contributed by atoms with Crippen LogP contribution in [0.4, 0.5) is 0 Å². The summed E-state index contributed by atoms with van der Waals surface area (Å²) in [5.74, 6) is 1.62. The van der Waals surface area contributed by atoms with E-state index in [0.29, 0.717) is 26.2 Å². The summed E-state index contributed by atoms with van der Waals surface area (Å²) in [6, 6.07) is 13.6. The van der Waals surface area contributed by atoms with Crippen LogP contribution in [0.3, 0.4) is 0 Å². The molecule has 0 amide bonds. The van der Waals surface area contributed by atoms with Gasteiger partial charge in [0.15, 0.2) is 0 Å². The molecule has 7 heteroatoms. The number of aromatic nitrogens is 3. The Morgan fingerprint density at radius 2 is 2.04 bits per heavy atom. The Morgan fingerprint density at radius 3 is 2.89 bits per heavy atom. The lowest BCUT2D eigenvalue weighted by molar-refractivity contribution is -0.145. The average Bonchev–Trinajstić information content (AvgIpc) is 3.04. The van der Waals surface area contributed by atoms with Crippen LogP contribution in [0.25, 0.3) is 10.8 Å². The molecule has 2 heterocycles. The number of aryl methyl sites for hydroxylation is 1. The predicted octanol–water partition coefficient (Wildman–Crippen LogP) is 2.48. The minimum Gasteiger partial charge on any atom is -0.493 e. The molecule has 3 aromatic rings. The number of hydrogen-bond acceptors (Lipinski definition) is 5. The summed E-state index contributed by atoms with van der Waals surface area (Å²) in [5.41, 5.74) is 0. The van der Waals surface area contributed by atoms with Gasteiger partial charge in [0.25, 0.3) is 0 Å². The number of carboxylic acids is 1. The average molecular weight is 366 g/mol. The van der Waals surface area contributed by atoms with E-state index in [1.807, 2.05) is 46.7 Å². The first kappa shape index (κ1) is 17.5. The van der Waals surface area contributed by atoms with Crippen molar-refractivity contribution in [2.24, 2.45) is 0 Å². The molecular weight excluding hydrogens is 344 g/mol. The van der Waals surface area contributed by atoms with Crippen molar-refractivity contribution in [3.05, 3.63) is 54.1 Å². The molecule has 1 aliphatic rings. The molecule has 1 atom stereocenters. The van der Waals surface area contributed by atoms with E-state index >= 15 is 0 Å². The molecule has 7 nitrogen and oxygen atoms in total. The number of rotatable bonds is 6. The van der Waals surface area contributed by atoms with Crippen LogP contribution in [0, 0.1) is 6.92 Å². The number of hydrogen-bond donors (Lipinski definition) is 1. The molecule has 1 N–H and O–H groups in total. The zero-order chi connectivity index (χ0) is 18.8. The van der Waals surface area contributed by atoms with Crippen molar-refractivity contribution in [2.45, 2.75) is 32.5 Å². The summed E-state index contributed by atoms with van der Waals surface area (Å²) in [7, 11) is 0. The van der Waals surface area contributed by atoms with Gasteiger partial charge in [-0.1, -0.05) is 36.4 Å². The van der Waals surface area contributed by atoms with Gasteiger partial charge in [0, 0.05) is 11.9 Å². The van der Waals surface area contributed by atoms with Crippen molar-refractivity contribution in [3.63, 3.8) is 0 Å². The number of carboxylic acid groups (broad SMARTS) is 1. The largest absolute Gasteiger partial charge is 0.493 e. The standard InChI is InChI=1S/C20H22N4O3/c1-14-21-22-19-13-23(17(20(25)26)12-24(14)19)10-5-11-27-18-9-4-7-15-6-2-3-8-16(15)18/h2-4,6-9,17H,5,10-13H2,1H3,(H,25,26). The topological polar surface area (TPSA) is 80.5 Å². The Kier molecular flexibility index (Phi) is 4.77. The lowest BCUT2D eigenvalue weighted by Crippen LogP contribution is -2.48. The summed E-state index contributed by atoms with van der Waals surface area (Å²) in [6.07, 6.45) is 0.736. The number of aliphatic carboxylic acids is 1. The highest BCUT2D eigenvalue weighted by atomic mass is 16.5. The Morgan fingerprint density at radius 1 is 1.22 bits per heavy atom. The van der Waals surface area contributed by atoms with Crippen molar-refractivity contribution >= 4 is 16.7 Å². The van der Waals surface area contributed by atoms with Crippen LogP contribution >= 0.6 is 0 Å². The molecule has 0 aliphatic carbocycles. The summed E-state index contributed by atoms with van der Waals surface area (Å²) >= 11 is 0. The number of nitrogens with zero attached hydrogens (tertiary/aromatic N) is 4. The van der Waals surface area contributed by atoms with E-state index in [2.05, 4.69) is 22.3 Å². The summed E-state index contributed by atoms with van der Waals surface area (Å²) in [5, 5.41) is 20.0. The smallest absolute Gasteiger partial charge is 0.322 e. The molecule has 140 valence electrons. The highest BCUT2D eigenvalue weighted by molar-refractivity contribution is 5.88. The predicted molar refractivity (Wildman–Crippen MR) is 101 cm³/mol. The molecule has 27 heavy (non-hydrogen) atoms. The van der Waals surface area contributed by atoms with Crippen LogP contribution < -0.4 is 4.74 Å². The van der Waals surface area contributed by atoms with Crippen LogP contribution in [0.5, 0.6) is 5.75 Å². The molecular formula is C20H22N4O3. The van der Waals surface area contributed by atoms with Gasteiger partial charge in [-0.15, -0.1) is 10.2 Å². The molecule has 0 saturated carbocycles. The van der Waals surface area contributed by atoms with Gasteiger partial charge in [-0.05, 0) is 24.8 Å². The van der Waals surface area contributed by atoms with E-state index in [9.17, 15) is 9.90 Å². The summed E-state index contributed by atoms with van der Waals surface area (Å²) in [4.78, 5) is 13.6. The van der Waals surface area contributed by atoms with Crippen molar-refractivity contribution in [1.82, 2.24) is 19.7 Å². The molecule has 2 aromatic carbocycles. The molecule has 0 spiro atoms. The van der Waals surface area contributed by atoms with Gasteiger partial charge in [-0.3, -0.25) is 9.69 Å². The van der Waals surface area contributed by atoms with Crippen molar-refractivity contribution in [2.75, 3.05) is 13.2 Å². The van der Waals surface area contributed by atoms with E-state index in [4.69, 9.17) is 4.74 Å². The zero-order valence-electron chi connectivity index (χ0n) is 15.2. The molecule has 4 rings (SSSR count). The number of carbonyl (C=O) groups is 1. The van der Waals surface area contributed by atoms with Gasteiger partial charge in [-0.2, -0.15) is 0 Å². The second-order valence-electron chi connectivity index (χ2n) is 6.78. The van der Waals surface area contributed by atoms with E-state index in [1.54, 1.807) is 0 Å². The van der Waals surface area contributed by atoms with Crippen LogP contribution in [0.15, 0.2) is 42.5 Å². The lowest BCUT2D eigenvalue weighted by atomic mass is 10.1. The first-order valence-corrected chi connectivity index (χ1v) is 9.09. The Bertz CT molecular complexity index is 964. The minimum atomic E-state index is -0.816. The molecule has 1 aliphatic heterocycles. The molecule has 0 saturated heterocycles. The van der Waals surface area contributed by atoms with Gasteiger partial charge in [0.2, 0.25) is 0 Å². The maximum absolute atomic E-state index is 11.7. The number of fused-ring (bicyclic) bond motifs is 2. The van der Waals surface area contributed by atoms with Crippen LogP contribution in [-0.4, -0.2) is 49.9 Å². The third-order valence-electron chi connectivity index (χ3n) is 5.04. The maximum atomic E-state index is 11.7.